The van der Waals surface area contributed by atoms with Gasteiger partial charge in [0.2, 0.25) is 0 Å². The lowest BCUT2D eigenvalue weighted by Gasteiger charge is -2.09. The molecule has 154 valence electrons. The summed E-state index contributed by atoms with van der Waals surface area (Å²) in [4.78, 5) is 11.3. The van der Waals surface area contributed by atoms with Crippen molar-refractivity contribution in [3.05, 3.63) is 94.5 Å². The van der Waals surface area contributed by atoms with E-state index >= 15 is 0 Å². The third-order valence-corrected chi connectivity index (χ3v) is 5.70. The molecule has 1 aliphatic heterocycles. The monoisotopic (exact) mass is 410 g/mol. The van der Waals surface area contributed by atoms with E-state index in [0.717, 1.165) is 54.0 Å². The van der Waals surface area contributed by atoms with Crippen molar-refractivity contribution in [2.45, 2.75) is 19.3 Å². The zero-order chi connectivity index (χ0) is 21.2. The van der Waals surface area contributed by atoms with Gasteiger partial charge in [-0.25, -0.2) is 4.68 Å². The van der Waals surface area contributed by atoms with E-state index in [1.54, 1.807) is 22.9 Å². The Morgan fingerprint density at radius 3 is 2.29 bits per heavy atom. The normalized spacial score (nSPS) is 13.2. The van der Waals surface area contributed by atoms with Crippen LogP contribution in [0.2, 0.25) is 0 Å². The van der Waals surface area contributed by atoms with Crippen LogP contribution in [-0.2, 0) is 6.42 Å². The van der Waals surface area contributed by atoms with Crippen molar-refractivity contribution in [3.63, 3.8) is 0 Å². The van der Waals surface area contributed by atoms with Crippen LogP contribution >= 0.6 is 0 Å². The number of nitrogens with one attached hydrogen (secondary N) is 1. The minimum Gasteiger partial charge on any atom is -0.370 e. The zero-order valence-corrected chi connectivity index (χ0v) is 17.0. The SMILES string of the molecule is O=[N+]([O-])c1ccccc1-n1nc(-c2ccc(-c3ccccc3)cc2)c2c1NCCCC2. The van der Waals surface area contributed by atoms with Gasteiger partial charge in [-0.1, -0.05) is 66.7 Å². The van der Waals surface area contributed by atoms with Crippen molar-refractivity contribution < 1.29 is 4.92 Å². The maximum atomic E-state index is 11.6. The molecule has 0 unspecified atom stereocenters. The standard InChI is InChI=1S/C25H22N4O2/c30-29(31)23-12-5-4-11-22(23)28-25-21(10-6-7-17-26-25)24(27-28)20-15-13-19(14-16-20)18-8-2-1-3-9-18/h1-5,8-9,11-16,26H,6-7,10,17H2. The molecular weight excluding hydrogens is 388 g/mol. The average Bonchev–Trinajstić information content (AvgIpc) is 3.00. The zero-order valence-electron chi connectivity index (χ0n) is 17.0. The molecule has 0 saturated carbocycles. The number of nitro benzene ring substituents is 1. The molecule has 6 heteroatoms. The van der Waals surface area contributed by atoms with Gasteiger partial charge >= 0.3 is 0 Å². The predicted molar refractivity (Wildman–Crippen MR) is 123 cm³/mol. The van der Waals surface area contributed by atoms with Gasteiger partial charge in [0, 0.05) is 23.7 Å². The molecular formula is C25H22N4O2. The fourth-order valence-electron chi connectivity index (χ4n) is 4.16. The number of nitrogens with zero attached hydrogens (tertiary/aromatic N) is 3. The maximum Gasteiger partial charge on any atom is 0.294 e. The van der Waals surface area contributed by atoms with Crippen LogP contribution in [0.1, 0.15) is 18.4 Å². The number of nitro groups is 1. The first-order valence-electron chi connectivity index (χ1n) is 10.5. The first-order valence-corrected chi connectivity index (χ1v) is 10.5. The third kappa shape index (κ3) is 3.57. The summed E-state index contributed by atoms with van der Waals surface area (Å²) in [5.74, 6) is 0.855. The predicted octanol–water partition coefficient (Wildman–Crippen LogP) is 5.86. The number of hydrogen-bond donors (Lipinski definition) is 1. The van der Waals surface area contributed by atoms with Gasteiger partial charge in [-0.2, -0.15) is 5.10 Å². The highest BCUT2D eigenvalue weighted by atomic mass is 16.6. The van der Waals surface area contributed by atoms with Gasteiger partial charge in [0.25, 0.3) is 5.69 Å². The number of aromatic nitrogens is 2. The molecule has 0 radical (unpaired) electrons. The van der Waals surface area contributed by atoms with E-state index in [-0.39, 0.29) is 10.6 Å². The first-order chi connectivity index (χ1) is 15.2. The largest absolute Gasteiger partial charge is 0.370 e. The van der Waals surface area contributed by atoms with E-state index in [9.17, 15) is 10.1 Å². The Kier molecular flexibility index (Phi) is 4.96. The maximum absolute atomic E-state index is 11.6. The number of fused-ring (bicyclic) bond motifs is 1. The summed E-state index contributed by atoms with van der Waals surface area (Å²) in [6, 6.07) is 25.4. The van der Waals surface area contributed by atoms with Crippen molar-refractivity contribution in [1.82, 2.24) is 9.78 Å². The Hall–Kier alpha value is -3.93. The highest BCUT2D eigenvalue weighted by Crippen LogP contribution is 2.36. The third-order valence-electron chi connectivity index (χ3n) is 5.70. The van der Waals surface area contributed by atoms with Crippen LogP contribution in [0.5, 0.6) is 0 Å². The van der Waals surface area contributed by atoms with E-state index < -0.39 is 0 Å². The van der Waals surface area contributed by atoms with Crippen molar-refractivity contribution in [1.29, 1.82) is 0 Å². The Balaban J connectivity index is 1.63. The van der Waals surface area contributed by atoms with Crippen LogP contribution in [0.25, 0.3) is 28.1 Å². The van der Waals surface area contributed by atoms with Crippen molar-refractivity contribution in [2.75, 3.05) is 11.9 Å². The quantitative estimate of drug-likeness (QED) is 0.338. The molecule has 0 fully saturated rings. The van der Waals surface area contributed by atoms with Crippen LogP contribution in [0.15, 0.2) is 78.9 Å². The molecule has 6 nitrogen and oxygen atoms in total. The summed E-state index contributed by atoms with van der Waals surface area (Å²) in [5.41, 5.74) is 5.84. The molecule has 0 saturated heterocycles. The lowest BCUT2D eigenvalue weighted by atomic mass is 10.00. The smallest absolute Gasteiger partial charge is 0.294 e. The molecule has 1 aliphatic rings. The molecule has 3 aromatic carbocycles. The minimum absolute atomic E-state index is 0.0461. The fourth-order valence-corrected chi connectivity index (χ4v) is 4.16. The minimum atomic E-state index is -0.353. The number of rotatable bonds is 4. The number of hydrogen-bond acceptors (Lipinski definition) is 4. The van der Waals surface area contributed by atoms with Crippen molar-refractivity contribution in [2.24, 2.45) is 0 Å². The Morgan fingerprint density at radius 2 is 1.52 bits per heavy atom. The van der Waals surface area contributed by atoms with Crippen LogP contribution in [0.4, 0.5) is 11.5 Å². The van der Waals surface area contributed by atoms with Crippen LogP contribution in [-0.4, -0.2) is 21.2 Å². The number of anilines is 1. The van der Waals surface area contributed by atoms with Gasteiger partial charge in [0.05, 0.1) is 10.6 Å². The van der Waals surface area contributed by atoms with E-state index in [1.165, 1.54) is 11.6 Å². The summed E-state index contributed by atoms with van der Waals surface area (Å²) in [6.45, 7) is 0.825. The van der Waals surface area contributed by atoms with E-state index in [4.69, 9.17) is 5.10 Å². The molecule has 5 rings (SSSR count). The number of para-hydroxylation sites is 2. The summed E-state index contributed by atoms with van der Waals surface area (Å²) >= 11 is 0. The van der Waals surface area contributed by atoms with Crippen LogP contribution in [0, 0.1) is 10.1 Å². The van der Waals surface area contributed by atoms with E-state index in [2.05, 4.69) is 41.7 Å². The summed E-state index contributed by atoms with van der Waals surface area (Å²) in [5, 5.41) is 20.0. The molecule has 0 amide bonds. The molecule has 2 heterocycles. The molecule has 0 atom stereocenters. The van der Waals surface area contributed by atoms with E-state index in [0.29, 0.717) is 5.69 Å². The van der Waals surface area contributed by atoms with E-state index in [1.807, 2.05) is 18.2 Å². The molecule has 0 bridgehead atoms. The molecule has 1 aromatic heterocycles. The van der Waals surface area contributed by atoms with Gasteiger partial charge in [-0.3, -0.25) is 10.1 Å². The summed E-state index contributed by atoms with van der Waals surface area (Å²) < 4.78 is 1.71. The molecule has 0 aliphatic carbocycles. The number of benzene rings is 3. The lowest BCUT2D eigenvalue weighted by molar-refractivity contribution is -0.384. The fraction of sp³-hybridized carbons (Fsp3) is 0.160. The second-order valence-electron chi connectivity index (χ2n) is 7.66. The van der Waals surface area contributed by atoms with Crippen LogP contribution < -0.4 is 5.32 Å². The second kappa shape index (κ2) is 8.07. The summed E-state index contributed by atoms with van der Waals surface area (Å²) in [7, 11) is 0. The molecule has 1 N–H and O–H groups in total. The summed E-state index contributed by atoms with van der Waals surface area (Å²) in [6.07, 6.45) is 2.99. The Labute approximate surface area is 180 Å². The van der Waals surface area contributed by atoms with Gasteiger partial charge in [0.15, 0.2) is 0 Å². The highest BCUT2D eigenvalue weighted by molar-refractivity contribution is 5.75. The molecule has 4 aromatic rings. The Morgan fingerprint density at radius 1 is 0.839 bits per heavy atom. The second-order valence-corrected chi connectivity index (χ2v) is 7.66. The van der Waals surface area contributed by atoms with Crippen LogP contribution in [0.3, 0.4) is 0 Å². The molecule has 31 heavy (non-hydrogen) atoms. The average molecular weight is 410 g/mol. The van der Waals surface area contributed by atoms with Crippen molar-refractivity contribution in [3.8, 4) is 28.1 Å². The lowest BCUT2D eigenvalue weighted by Crippen LogP contribution is -2.08. The highest BCUT2D eigenvalue weighted by Gasteiger charge is 2.25. The van der Waals surface area contributed by atoms with Gasteiger partial charge in [-0.05, 0) is 36.5 Å². The topological polar surface area (TPSA) is 73.0 Å². The van der Waals surface area contributed by atoms with Crippen molar-refractivity contribution >= 4 is 11.5 Å². The van der Waals surface area contributed by atoms with Gasteiger partial charge in [-0.15, -0.1) is 0 Å². The first kappa shape index (κ1) is 19.1. The Bertz CT molecular complexity index is 1230. The molecule has 0 spiro atoms. The van der Waals surface area contributed by atoms with Gasteiger partial charge < -0.3 is 5.32 Å². The van der Waals surface area contributed by atoms with Gasteiger partial charge in [0.1, 0.15) is 11.5 Å².